The number of benzene rings is 1. The van der Waals surface area contributed by atoms with Crippen LogP contribution in [0.5, 0.6) is 0 Å². The molecule has 1 aliphatic heterocycles. The molecule has 1 saturated heterocycles. The van der Waals surface area contributed by atoms with Crippen molar-refractivity contribution in [2.75, 3.05) is 18.0 Å². The topological polar surface area (TPSA) is 58.1 Å². The standard InChI is InChI=1S/C23H30N4O/c1-16-9-10-18(14-17(16)2)21-11-12-22(26-25-21)27-13-5-6-19(15-27)23(28)24-20-7-3-4-8-20/h9-12,14,19-20H,3-8,13,15H2,1-2H3,(H,24,28). The summed E-state index contributed by atoms with van der Waals surface area (Å²) in [5.41, 5.74) is 4.52. The molecule has 2 fully saturated rings. The molecule has 0 spiro atoms. The van der Waals surface area contributed by atoms with Gasteiger partial charge >= 0.3 is 0 Å². The highest BCUT2D eigenvalue weighted by molar-refractivity contribution is 5.80. The molecule has 2 aliphatic rings. The summed E-state index contributed by atoms with van der Waals surface area (Å²) < 4.78 is 0. The van der Waals surface area contributed by atoms with Gasteiger partial charge < -0.3 is 10.2 Å². The second-order valence-electron chi connectivity index (χ2n) is 8.35. The molecule has 0 bridgehead atoms. The quantitative estimate of drug-likeness (QED) is 0.872. The maximum atomic E-state index is 12.7. The lowest BCUT2D eigenvalue weighted by molar-refractivity contribution is -0.125. The van der Waals surface area contributed by atoms with Crippen LogP contribution < -0.4 is 10.2 Å². The number of anilines is 1. The Kier molecular flexibility index (Phi) is 5.60. The molecule has 148 valence electrons. The number of carbonyl (C=O) groups is 1. The maximum absolute atomic E-state index is 12.7. The highest BCUT2D eigenvalue weighted by Gasteiger charge is 2.28. The number of carbonyl (C=O) groups excluding carboxylic acids is 1. The number of aryl methyl sites for hydroxylation is 2. The third-order valence-electron chi connectivity index (χ3n) is 6.27. The van der Waals surface area contributed by atoms with Crippen molar-refractivity contribution >= 4 is 11.7 Å². The van der Waals surface area contributed by atoms with Crippen molar-refractivity contribution < 1.29 is 4.79 Å². The van der Waals surface area contributed by atoms with E-state index in [1.54, 1.807) is 0 Å². The van der Waals surface area contributed by atoms with Gasteiger partial charge in [0.1, 0.15) is 0 Å². The Bertz CT molecular complexity index is 827. The van der Waals surface area contributed by atoms with Crippen LogP contribution in [0.15, 0.2) is 30.3 Å². The Hall–Kier alpha value is -2.43. The molecule has 2 aromatic rings. The van der Waals surface area contributed by atoms with E-state index in [1.807, 2.05) is 12.1 Å². The molecule has 1 aromatic carbocycles. The predicted octanol–water partition coefficient (Wildman–Crippen LogP) is 4.04. The molecule has 1 unspecified atom stereocenters. The van der Waals surface area contributed by atoms with E-state index in [4.69, 9.17) is 0 Å². The zero-order valence-electron chi connectivity index (χ0n) is 16.9. The summed E-state index contributed by atoms with van der Waals surface area (Å²) in [6, 6.07) is 10.8. The summed E-state index contributed by atoms with van der Waals surface area (Å²) >= 11 is 0. The summed E-state index contributed by atoms with van der Waals surface area (Å²) in [6.07, 6.45) is 6.72. The molecule has 5 heteroatoms. The summed E-state index contributed by atoms with van der Waals surface area (Å²) in [4.78, 5) is 14.9. The Morgan fingerprint density at radius 3 is 2.54 bits per heavy atom. The van der Waals surface area contributed by atoms with Gasteiger partial charge in [-0.2, -0.15) is 0 Å². The van der Waals surface area contributed by atoms with Crippen molar-refractivity contribution in [3.63, 3.8) is 0 Å². The van der Waals surface area contributed by atoms with E-state index in [9.17, 15) is 4.79 Å². The monoisotopic (exact) mass is 378 g/mol. The Labute approximate surface area is 167 Å². The van der Waals surface area contributed by atoms with Gasteiger partial charge in [0.05, 0.1) is 11.6 Å². The third-order valence-corrected chi connectivity index (χ3v) is 6.27. The Balaban J connectivity index is 1.41. The number of hydrogen-bond acceptors (Lipinski definition) is 4. The molecule has 1 aliphatic carbocycles. The molecule has 5 nitrogen and oxygen atoms in total. The normalized spacial score (nSPS) is 20.4. The number of rotatable bonds is 4. The van der Waals surface area contributed by atoms with Crippen molar-refractivity contribution in [2.45, 2.75) is 58.4 Å². The smallest absolute Gasteiger partial charge is 0.225 e. The molecule has 1 N–H and O–H groups in total. The minimum absolute atomic E-state index is 0.0515. The van der Waals surface area contributed by atoms with Gasteiger partial charge in [0.25, 0.3) is 0 Å². The number of aromatic nitrogens is 2. The van der Waals surface area contributed by atoms with Crippen molar-refractivity contribution in [2.24, 2.45) is 5.92 Å². The number of nitrogens with one attached hydrogen (secondary N) is 1. The third kappa shape index (κ3) is 4.18. The fourth-order valence-electron chi connectivity index (χ4n) is 4.34. The van der Waals surface area contributed by atoms with Gasteiger partial charge in [-0.3, -0.25) is 4.79 Å². The van der Waals surface area contributed by atoms with E-state index in [2.05, 4.69) is 52.5 Å². The van der Waals surface area contributed by atoms with Crippen LogP contribution in [-0.4, -0.2) is 35.2 Å². The van der Waals surface area contributed by atoms with Crippen LogP contribution in [-0.2, 0) is 4.79 Å². The van der Waals surface area contributed by atoms with Crippen LogP contribution in [0.1, 0.15) is 49.7 Å². The van der Waals surface area contributed by atoms with Gasteiger partial charge in [0, 0.05) is 24.7 Å². The largest absolute Gasteiger partial charge is 0.354 e. The first-order chi connectivity index (χ1) is 13.6. The number of hydrogen-bond donors (Lipinski definition) is 1. The van der Waals surface area contributed by atoms with E-state index in [1.165, 1.54) is 24.0 Å². The van der Waals surface area contributed by atoms with E-state index in [-0.39, 0.29) is 11.8 Å². The number of amides is 1. The first kappa shape index (κ1) is 18.9. The second-order valence-corrected chi connectivity index (χ2v) is 8.35. The Morgan fingerprint density at radius 1 is 1.00 bits per heavy atom. The van der Waals surface area contributed by atoms with Crippen LogP contribution in [0, 0.1) is 19.8 Å². The van der Waals surface area contributed by atoms with Crippen molar-refractivity contribution in [3.05, 3.63) is 41.5 Å². The molecule has 0 radical (unpaired) electrons. The van der Waals surface area contributed by atoms with Crippen LogP contribution in [0.25, 0.3) is 11.3 Å². The Morgan fingerprint density at radius 2 is 1.82 bits per heavy atom. The van der Waals surface area contributed by atoms with E-state index < -0.39 is 0 Å². The van der Waals surface area contributed by atoms with Gasteiger partial charge in [-0.25, -0.2) is 0 Å². The summed E-state index contributed by atoms with van der Waals surface area (Å²) in [6.45, 7) is 5.90. The van der Waals surface area contributed by atoms with Crippen LogP contribution in [0.3, 0.4) is 0 Å². The number of piperidine rings is 1. The first-order valence-corrected chi connectivity index (χ1v) is 10.6. The minimum Gasteiger partial charge on any atom is -0.354 e. The fraction of sp³-hybridized carbons (Fsp3) is 0.522. The number of nitrogens with zero attached hydrogens (tertiary/aromatic N) is 3. The molecule has 28 heavy (non-hydrogen) atoms. The van der Waals surface area contributed by atoms with Crippen LogP contribution in [0.2, 0.25) is 0 Å². The van der Waals surface area contributed by atoms with Crippen molar-refractivity contribution in [1.29, 1.82) is 0 Å². The highest BCUT2D eigenvalue weighted by atomic mass is 16.2. The summed E-state index contributed by atoms with van der Waals surface area (Å²) in [7, 11) is 0. The van der Waals surface area contributed by atoms with Gasteiger partial charge in [-0.1, -0.05) is 25.0 Å². The molecular formula is C23H30N4O. The maximum Gasteiger partial charge on any atom is 0.225 e. The van der Waals surface area contributed by atoms with Crippen molar-refractivity contribution in [3.8, 4) is 11.3 Å². The molecule has 1 atom stereocenters. The molecule has 4 rings (SSSR count). The SMILES string of the molecule is Cc1ccc(-c2ccc(N3CCCC(C(=O)NC4CCCC4)C3)nn2)cc1C. The zero-order chi connectivity index (χ0) is 19.5. The zero-order valence-corrected chi connectivity index (χ0v) is 16.9. The van der Waals surface area contributed by atoms with Crippen LogP contribution in [0.4, 0.5) is 5.82 Å². The lowest BCUT2D eigenvalue weighted by Crippen LogP contribution is -2.45. The van der Waals surface area contributed by atoms with Gasteiger partial charge in [0.2, 0.25) is 5.91 Å². The van der Waals surface area contributed by atoms with E-state index in [0.29, 0.717) is 6.04 Å². The molecule has 1 saturated carbocycles. The minimum atomic E-state index is 0.0515. The molecule has 1 aromatic heterocycles. The second kappa shape index (κ2) is 8.29. The summed E-state index contributed by atoms with van der Waals surface area (Å²) in [5.74, 6) is 1.14. The lowest BCUT2D eigenvalue weighted by Gasteiger charge is -2.33. The van der Waals surface area contributed by atoms with Gasteiger partial charge in [0.15, 0.2) is 5.82 Å². The van der Waals surface area contributed by atoms with Crippen LogP contribution >= 0.6 is 0 Å². The predicted molar refractivity (Wildman–Crippen MR) is 112 cm³/mol. The molecular weight excluding hydrogens is 348 g/mol. The fourth-order valence-corrected chi connectivity index (χ4v) is 4.34. The van der Waals surface area contributed by atoms with E-state index in [0.717, 1.165) is 55.8 Å². The molecule has 2 heterocycles. The lowest BCUT2D eigenvalue weighted by atomic mass is 9.96. The first-order valence-electron chi connectivity index (χ1n) is 10.6. The summed E-state index contributed by atoms with van der Waals surface area (Å²) in [5, 5.41) is 12.2. The average molecular weight is 379 g/mol. The average Bonchev–Trinajstić information content (AvgIpc) is 3.23. The van der Waals surface area contributed by atoms with Crippen molar-refractivity contribution in [1.82, 2.24) is 15.5 Å². The van der Waals surface area contributed by atoms with Gasteiger partial charge in [-0.15, -0.1) is 10.2 Å². The highest BCUT2D eigenvalue weighted by Crippen LogP contribution is 2.25. The molecule has 1 amide bonds. The van der Waals surface area contributed by atoms with E-state index >= 15 is 0 Å². The van der Waals surface area contributed by atoms with Gasteiger partial charge in [-0.05, 0) is 68.9 Å².